The molecule has 86 valence electrons. The first-order valence-electron chi connectivity index (χ1n) is 5.18. The summed E-state index contributed by atoms with van der Waals surface area (Å²) >= 11 is 1.60. The van der Waals surface area contributed by atoms with E-state index >= 15 is 0 Å². The first-order chi connectivity index (χ1) is 8.24. The van der Waals surface area contributed by atoms with Crippen LogP contribution in [0.4, 0.5) is 0 Å². The zero-order valence-electron chi connectivity index (χ0n) is 9.24. The van der Waals surface area contributed by atoms with Crippen LogP contribution in [0.15, 0.2) is 30.9 Å². The molecule has 17 heavy (non-hydrogen) atoms. The minimum Gasteiger partial charge on any atom is -0.318 e. The lowest BCUT2D eigenvalue weighted by Gasteiger charge is -2.03. The Kier molecular flexibility index (Phi) is 2.38. The summed E-state index contributed by atoms with van der Waals surface area (Å²) in [4.78, 5) is 8.54. The van der Waals surface area contributed by atoms with E-state index in [2.05, 4.69) is 15.1 Å². The number of pyridine rings is 1. The lowest BCUT2D eigenvalue weighted by Crippen LogP contribution is -2.10. The van der Waals surface area contributed by atoms with Gasteiger partial charge in [-0.1, -0.05) is 0 Å². The van der Waals surface area contributed by atoms with Crippen molar-refractivity contribution in [2.45, 2.75) is 6.04 Å². The summed E-state index contributed by atoms with van der Waals surface area (Å²) in [6.07, 6.45) is 7.20. The molecule has 2 N–H and O–H groups in total. The second-order valence-corrected chi connectivity index (χ2v) is 4.88. The number of hydrogen-bond acceptors (Lipinski definition) is 5. The average Bonchev–Trinajstić information content (AvgIpc) is 2.93. The van der Waals surface area contributed by atoms with E-state index in [4.69, 9.17) is 5.73 Å². The van der Waals surface area contributed by atoms with Crippen molar-refractivity contribution in [3.05, 3.63) is 41.4 Å². The third-order valence-corrected chi connectivity index (χ3v) is 3.68. The molecule has 0 spiro atoms. The van der Waals surface area contributed by atoms with Crippen molar-refractivity contribution >= 4 is 21.6 Å². The molecule has 0 amide bonds. The minimum atomic E-state index is -0.221. The van der Waals surface area contributed by atoms with Gasteiger partial charge in [0, 0.05) is 25.0 Å². The number of aromatic nitrogens is 4. The fourth-order valence-corrected chi connectivity index (χ4v) is 2.64. The molecule has 0 aliphatic carbocycles. The van der Waals surface area contributed by atoms with Gasteiger partial charge < -0.3 is 5.73 Å². The van der Waals surface area contributed by atoms with E-state index in [1.165, 1.54) is 0 Å². The summed E-state index contributed by atoms with van der Waals surface area (Å²) in [7, 11) is 1.87. The van der Waals surface area contributed by atoms with Gasteiger partial charge >= 0.3 is 0 Å². The quantitative estimate of drug-likeness (QED) is 0.742. The Balaban J connectivity index is 2.03. The number of nitrogens with two attached hydrogens (primary N) is 1. The lowest BCUT2D eigenvalue weighted by molar-refractivity contribution is 0.765. The van der Waals surface area contributed by atoms with E-state index in [1.807, 2.05) is 19.3 Å². The molecular weight excluding hydrogens is 234 g/mol. The molecule has 0 saturated carbocycles. The second-order valence-electron chi connectivity index (χ2n) is 3.82. The van der Waals surface area contributed by atoms with Crippen LogP contribution in [-0.4, -0.2) is 19.7 Å². The molecule has 5 nitrogen and oxygen atoms in total. The third-order valence-electron chi connectivity index (χ3n) is 2.56. The van der Waals surface area contributed by atoms with Crippen LogP contribution < -0.4 is 5.73 Å². The predicted molar refractivity (Wildman–Crippen MR) is 66.7 cm³/mol. The maximum Gasteiger partial charge on any atom is 0.115 e. The molecule has 3 rings (SSSR count). The molecule has 0 radical (unpaired) electrons. The van der Waals surface area contributed by atoms with Crippen molar-refractivity contribution in [3.8, 4) is 0 Å². The Hall–Kier alpha value is -1.79. The molecular formula is C11H11N5S. The topological polar surface area (TPSA) is 69.6 Å². The summed E-state index contributed by atoms with van der Waals surface area (Å²) < 4.78 is 2.85. The van der Waals surface area contributed by atoms with Gasteiger partial charge in [0.05, 0.1) is 28.7 Å². The highest BCUT2D eigenvalue weighted by molar-refractivity contribution is 7.18. The zero-order valence-corrected chi connectivity index (χ0v) is 10.1. The first kappa shape index (κ1) is 10.4. The molecule has 3 heterocycles. The first-order valence-corrected chi connectivity index (χ1v) is 6.00. The highest BCUT2D eigenvalue weighted by Gasteiger charge is 2.15. The van der Waals surface area contributed by atoms with Gasteiger partial charge in [-0.25, -0.2) is 4.98 Å². The summed E-state index contributed by atoms with van der Waals surface area (Å²) in [6.45, 7) is 0. The van der Waals surface area contributed by atoms with Gasteiger partial charge in [-0.2, -0.15) is 5.10 Å². The zero-order chi connectivity index (χ0) is 11.8. The molecule has 3 aromatic heterocycles. The van der Waals surface area contributed by atoms with E-state index in [1.54, 1.807) is 34.6 Å². The Morgan fingerprint density at radius 3 is 3.00 bits per heavy atom. The van der Waals surface area contributed by atoms with Crippen LogP contribution in [0.2, 0.25) is 0 Å². The van der Waals surface area contributed by atoms with Crippen molar-refractivity contribution in [1.29, 1.82) is 0 Å². The van der Waals surface area contributed by atoms with Crippen molar-refractivity contribution < 1.29 is 0 Å². The number of rotatable bonds is 2. The average molecular weight is 245 g/mol. The molecule has 1 unspecified atom stereocenters. The van der Waals surface area contributed by atoms with Gasteiger partial charge in [0.2, 0.25) is 0 Å². The van der Waals surface area contributed by atoms with E-state index in [0.717, 1.165) is 20.8 Å². The van der Waals surface area contributed by atoms with Crippen LogP contribution >= 0.6 is 11.3 Å². The summed E-state index contributed by atoms with van der Waals surface area (Å²) in [5, 5.41) is 5.01. The monoisotopic (exact) mass is 245 g/mol. The van der Waals surface area contributed by atoms with Crippen LogP contribution in [0.5, 0.6) is 0 Å². The number of aryl methyl sites for hydroxylation is 1. The fourth-order valence-electron chi connectivity index (χ4n) is 1.67. The smallest absolute Gasteiger partial charge is 0.115 e. The molecule has 0 aliphatic rings. The van der Waals surface area contributed by atoms with Crippen molar-refractivity contribution in [2.75, 3.05) is 0 Å². The molecule has 0 bridgehead atoms. The normalized spacial score (nSPS) is 13.1. The highest BCUT2D eigenvalue weighted by atomic mass is 32.1. The van der Waals surface area contributed by atoms with Crippen LogP contribution in [0.25, 0.3) is 10.2 Å². The molecule has 0 saturated heterocycles. The SMILES string of the molecule is Cn1cc(C(N)c2nc3cnccc3s2)cn1. The summed E-state index contributed by atoms with van der Waals surface area (Å²) in [5.41, 5.74) is 8.03. The van der Waals surface area contributed by atoms with Gasteiger partial charge in [0.25, 0.3) is 0 Å². The molecule has 6 heteroatoms. The van der Waals surface area contributed by atoms with Gasteiger partial charge in [-0.3, -0.25) is 9.67 Å². The van der Waals surface area contributed by atoms with Crippen molar-refractivity contribution in [2.24, 2.45) is 12.8 Å². The maximum atomic E-state index is 6.17. The fraction of sp³-hybridized carbons (Fsp3) is 0.182. The second kappa shape index (κ2) is 3.90. The number of hydrogen-bond donors (Lipinski definition) is 1. The summed E-state index contributed by atoms with van der Waals surface area (Å²) in [6, 6.07) is 1.73. The maximum absolute atomic E-state index is 6.17. The van der Waals surface area contributed by atoms with Gasteiger partial charge in [-0.15, -0.1) is 11.3 Å². The molecule has 0 aliphatic heterocycles. The Morgan fingerprint density at radius 2 is 2.29 bits per heavy atom. The van der Waals surface area contributed by atoms with Crippen LogP contribution in [0, 0.1) is 0 Å². The number of fused-ring (bicyclic) bond motifs is 1. The Morgan fingerprint density at radius 1 is 1.41 bits per heavy atom. The Bertz CT molecular complexity index is 623. The molecule has 0 aromatic carbocycles. The minimum absolute atomic E-state index is 0.221. The molecule has 0 fully saturated rings. The lowest BCUT2D eigenvalue weighted by atomic mass is 10.2. The van der Waals surface area contributed by atoms with E-state index in [9.17, 15) is 0 Å². The number of nitrogens with zero attached hydrogens (tertiary/aromatic N) is 4. The molecule has 1 atom stereocenters. The van der Waals surface area contributed by atoms with Gasteiger partial charge in [-0.05, 0) is 6.07 Å². The molecule has 3 aromatic rings. The Labute approximate surface area is 102 Å². The van der Waals surface area contributed by atoms with Gasteiger partial charge in [0.1, 0.15) is 5.01 Å². The van der Waals surface area contributed by atoms with Gasteiger partial charge in [0.15, 0.2) is 0 Å². The van der Waals surface area contributed by atoms with Crippen LogP contribution in [-0.2, 0) is 7.05 Å². The van der Waals surface area contributed by atoms with E-state index in [0.29, 0.717) is 0 Å². The van der Waals surface area contributed by atoms with Crippen molar-refractivity contribution in [3.63, 3.8) is 0 Å². The standard InChI is InChI=1S/C11H11N5S/c1-16-6-7(4-14-16)10(12)11-15-8-5-13-3-2-9(8)17-11/h2-6,10H,12H2,1H3. The van der Waals surface area contributed by atoms with E-state index < -0.39 is 0 Å². The van der Waals surface area contributed by atoms with Crippen molar-refractivity contribution in [1.82, 2.24) is 19.7 Å². The third kappa shape index (κ3) is 1.81. The van der Waals surface area contributed by atoms with Crippen LogP contribution in [0.1, 0.15) is 16.6 Å². The van der Waals surface area contributed by atoms with Crippen LogP contribution in [0.3, 0.4) is 0 Å². The number of thiazole rings is 1. The highest BCUT2D eigenvalue weighted by Crippen LogP contribution is 2.27. The van der Waals surface area contributed by atoms with E-state index in [-0.39, 0.29) is 6.04 Å². The predicted octanol–water partition coefficient (Wildman–Crippen LogP) is 1.47. The largest absolute Gasteiger partial charge is 0.318 e. The summed E-state index contributed by atoms with van der Waals surface area (Å²) in [5.74, 6) is 0.